The van der Waals surface area contributed by atoms with Gasteiger partial charge in [-0.2, -0.15) is 0 Å². The van der Waals surface area contributed by atoms with Crippen molar-refractivity contribution in [2.24, 2.45) is 0 Å². The van der Waals surface area contributed by atoms with Crippen LogP contribution < -0.4 is 21.3 Å². The first kappa shape index (κ1) is 26.4. The van der Waals surface area contributed by atoms with Crippen molar-refractivity contribution in [3.63, 3.8) is 0 Å². The molecular formula is C26H39N7O2. The molecular weight excluding hydrogens is 442 g/mol. The molecule has 0 radical (unpaired) electrons. The van der Waals surface area contributed by atoms with Gasteiger partial charge >= 0.3 is 0 Å². The minimum Gasteiger partial charge on any atom is -0.389 e. The smallest absolute Gasteiger partial charge is 0.251 e. The highest BCUT2D eigenvalue weighted by Gasteiger charge is 2.24. The number of hydrogen-bond acceptors (Lipinski definition) is 6. The van der Waals surface area contributed by atoms with Crippen LogP contribution in [0.15, 0.2) is 30.5 Å². The number of aliphatic hydroxyl groups is 1. The molecule has 0 unspecified atom stereocenters. The highest BCUT2D eigenvalue weighted by molar-refractivity contribution is 5.97. The molecule has 9 heteroatoms. The Morgan fingerprint density at radius 1 is 1.26 bits per heavy atom. The Hall–Kier alpha value is -3.17. The van der Waals surface area contributed by atoms with Crippen molar-refractivity contribution in [1.29, 1.82) is 5.41 Å². The summed E-state index contributed by atoms with van der Waals surface area (Å²) in [6.07, 6.45) is 6.59. The third-order valence-electron chi connectivity index (χ3n) is 5.57. The Balaban J connectivity index is 1.74. The lowest BCUT2D eigenvalue weighted by Crippen LogP contribution is -2.35. The molecule has 190 valence electrons. The van der Waals surface area contributed by atoms with Crippen molar-refractivity contribution in [3.05, 3.63) is 47.4 Å². The maximum Gasteiger partial charge on any atom is 0.251 e. The van der Waals surface area contributed by atoms with E-state index in [1.165, 1.54) is 0 Å². The van der Waals surface area contributed by atoms with Gasteiger partial charge in [0.1, 0.15) is 5.84 Å². The zero-order valence-corrected chi connectivity index (χ0v) is 21.2. The van der Waals surface area contributed by atoms with E-state index in [9.17, 15) is 9.90 Å². The number of aromatic amines is 1. The number of nitrogens with zero attached hydrogens (tertiary/aromatic N) is 1. The molecule has 1 aliphatic carbocycles. The number of H-pyrrole nitrogens is 1. The number of amides is 1. The van der Waals surface area contributed by atoms with Crippen molar-refractivity contribution < 1.29 is 9.90 Å². The van der Waals surface area contributed by atoms with Gasteiger partial charge in [0.05, 0.1) is 23.2 Å². The van der Waals surface area contributed by atoms with E-state index in [4.69, 9.17) is 5.41 Å². The minimum atomic E-state index is -0.928. The minimum absolute atomic E-state index is 0.0289. The molecule has 9 nitrogen and oxygen atoms in total. The van der Waals surface area contributed by atoms with Crippen molar-refractivity contribution >= 4 is 17.4 Å². The fourth-order valence-corrected chi connectivity index (χ4v) is 3.48. The van der Waals surface area contributed by atoms with Gasteiger partial charge in [-0.25, -0.2) is 4.98 Å². The molecule has 7 N–H and O–H groups in total. The van der Waals surface area contributed by atoms with Gasteiger partial charge in [0.2, 0.25) is 0 Å². The normalized spacial score (nSPS) is 14.0. The van der Waals surface area contributed by atoms with Crippen molar-refractivity contribution in [3.8, 4) is 11.3 Å². The fourth-order valence-electron chi connectivity index (χ4n) is 3.48. The summed E-state index contributed by atoms with van der Waals surface area (Å²) in [5.74, 6) is 0.785. The van der Waals surface area contributed by atoms with E-state index < -0.39 is 5.60 Å². The predicted molar refractivity (Wildman–Crippen MR) is 140 cm³/mol. The Kier molecular flexibility index (Phi) is 9.06. The molecule has 1 aromatic heterocycles. The molecule has 0 bridgehead atoms. The predicted octanol–water partition coefficient (Wildman–Crippen LogP) is 2.55. The van der Waals surface area contributed by atoms with Gasteiger partial charge in [-0.3, -0.25) is 10.2 Å². The number of carbonyl (C=O) groups is 1. The Bertz CT molecular complexity index is 1050. The topological polar surface area (TPSA) is 138 Å². The summed E-state index contributed by atoms with van der Waals surface area (Å²) in [4.78, 5) is 20.3. The van der Waals surface area contributed by atoms with E-state index in [1.54, 1.807) is 26.1 Å². The highest BCUT2D eigenvalue weighted by Crippen LogP contribution is 2.24. The summed E-state index contributed by atoms with van der Waals surface area (Å²) in [5, 5.41) is 31.1. The number of carbonyl (C=O) groups excluding carboxylic acids is 1. The van der Waals surface area contributed by atoms with E-state index >= 15 is 0 Å². The SMILES string of the molecule is CCCNCCNC(=N)/C=C(/NCC(C)(C)O)c1ncc(-c2ccc(C(=O)NC3CC3)c(C)c2)[nH]1. The molecule has 1 amide bonds. The summed E-state index contributed by atoms with van der Waals surface area (Å²) < 4.78 is 0. The van der Waals surface area contributed by atoms with E-state index in [2.05, 4.69) is 38.2 Å². The monoisotopic (exact) mass is 481 g/mol. The number of aromatic nitrogens is 2. The molecule has 1 aromatic carbocycles. The number of rotatable bonds is 13. The summed E-state index contributed by atoms with van der Waals surface area (Å²) in [7, 11) is 0. The van der Waals surface area contributed by atoms with Crippen LogP contribution in [-0.4, -0.2) is 64.6 Å². The third-order valence-corrected chi connectivity index (χ3v) is 5.57. The molecule has 35 heavy (non-hydrogen) atoms. The Labute approximate surface area is 207 Å². The molecule has 2 aromatic rings. The van der Waals surface area contributed by atoms with Gasteiger partial charge in [-0.15, -0.1) is 0 Å². The second-order valence-corrected chi connectivity index (χ2v) is 9.74. The standard InChI is InChI=1S/C26H39N7O2/c1-5-10-28-11-12-29-23(27)14-21(31-16-26(3,4)35)24-30-15-22(33-24)18-6-9-20(17(2)13-18)25(34)32-19-7-8-19/h6,9,13-15,19,28,31,35H,5,7-8,10-12,16H2,1-4H3,(H2,27,29)(H,30,33)(H,32,34)/b21-14+. The summed E-state index contributed by atoms with van der Waals surface area (Å²) >= 11 is 0. The number of nitrogens with one attached hydrogen (secondary N) is 6. The van der Waals surface area contributed by atoms with Crippen LogP contribution in [0, 0.1) is 12.3 Å². The number of benzene rings is 1. The zero-order valence-electron chi connectivity index (χ0n) is 21.2. The van der Waals surface area contributed by atoms with Crippen molar-refractivity contribution in [2.45, 2.75) is 58.6 Å². The van der Waals surface area contributed by atoms with E-state index in [1.807, 2.05) is 25.1 Å². The van der Waals surface area contributed by atoms with Crippen molar-refractivity contribution in [1.82, 2.24) is 31.2 Å². The molecule has 1 saturated carbocycles. The summed E-state index contributed by atoms with van der Waals surface area (Å²) in [6.45, 7) is 10.1. The summed E-state index contributed by atoms with van der Waals surface area (Å²) in [5.41, 5.74) is 2.98. The maximum atomic E-state index is 12.4. The van der Waals surface area contributed by atoms with Gasteiger partial charge < -0.3 is 31.4 Å². The van der Waals surface area contributed by atoms with Gasteiger partial charge in [-0.1, -0.05) is 13.0 Å². The molecule has 1 heterocycles. The Morgan fingerprint density at radius 2 is 2.03 bits per heavy atom. The Morgan fingerprint density at radius 3 is 2.69 bits per heavy atom. The lowest BCUT2D eigenvalue weighted by atomic mass is 10.0. The average molecular weight is 482 g/mol. The first-order chi connectivity index (χ1) is 16.7. The number of aryl methyl sites for hydroxylation is 1. The van der Waals surface area contributed by atoms with Crippen LogP contribution in [0.5, 0.6) is 0 Å². The van der Waals surface area contributed by atoms with Crippen LogP contribution in [0.25, 0.3) is 17.0 Å². The fraction of sp³-hybridized carbons (Fsp3) is 0.500. The quantitative estimate of drug-likeness (QED) is 0.133. The number of amidine groups is 1. The van der Waals surface area contributed by atoms with Gasteiger partial charge in [0.15, 0.2) is 5.82 Å². The second kappa shape index (κ2) is 12.0. The van der Waals surface area contributed by atoms with Gasteiger partial charge in [-0.05, 0) is 69.8 Å². The molecule has 0 saturated heterocycles. The van der Waals surface area contributed by atoms with Crippen LogP contribution in [0.3, 0.4) is 0 Å². The number of imidazole rings is 1. The first-order valence-electron chi connectivity index (χ1n) is 12.3. The lowest BCUT2D eigenvalue weighted by molar-refractivity contribution is 0.0842. The molecule has 0 spiro atoms. The lowest BCUT2D eigenvalue weighted by Gasteiger charge is -2.19. The zero-order chi connectivity index (χ0) is 25.4. The van der Waals surface area contributed by atoms with Crippen LogP contribution >= 0.6 is 0 Å². The summed E-state index contributed by atoms with van der Waals surface area (Å²) in [6, 6.07) is 6.05. The van der Waals surface area contributed by atoms with Crippen LogP contribution in [0.1, 0.15) is 61.8 Å². The molecule has 1 fully saturated rings. The maximum absolute atomic E-state index is 12.4. The van der Waals surface area contributed by atoms with Crippen molar-refractivity contribution in [2.75, 3.05) is 26.2 Å². The van der Waals surface area contributed by atoms with E-state index in [0.717, 1.165) is 49.2 Å². The van der Waals surface area contributed by atoms with Crippen LogP contribution in [0.2, 0.25) is 0 Å². The van der Waals surface area contributed by atoms with Crippen LogP contribution in [-0.2, 0) is 0 Å². The molecule has 3 rings (SSSR count). The third kappa shape index (κ3) is 8.52. The van der Waals surface area contributed by atoms with E-state index in [0.29, 0.717) is 36.2 Å². The molecule has 0 aliphatic heterocycles. The highest BCUT2D eigenvalue weighted by atomic mass is 16.3. The van der Waals surface area contributed by atoms with E-state index in [-0.39, 0.29) is 11.7 Å². The largest absolute Gasteiger partial charge is 0.389 e. The van der Waals surface area contributed by atoms with Crippen LogP contribution in [0.4, 0.5) is 0 Å². The first-order valence-corrected chi connectivity index (χ1v) is 12.3. The van der Waals surface area contributed by atoms with Gasteiger partial charge in [0.25, 0.3) is 5.91 Å². The van der Waals surface area contributed by atoms with Gasteiger partial charge in [0, 0.05) is 37.3 Å². The number of hydrogen-bond donors (Lipinski definition) is 7. The molecule has 1 aliphatic rings. The second-order valence-electron chi connectivity index (χ2n) is 9.74. The molecule has 0 atom stereocenters. The average Bonchev–Trinajstić information content (AvgIpc) is 3.47.